The van der Waals surface area contributed by atoms with E-state index in [9.17, 15) is 0 Å². The number of benzene rings is 9. The molecule has 0 radical (unpaired) electrons. The first kappa shape index (κ1) is 37.7. The molecule has 5 nitrogen and oxygen atoms in total. The third-order valence-electron chi connectivity index (χ3n) is 12.1. The average Bonchev–Trinajstić information content (AvgIpc) is 3.86. The van der Waals surface area contributed by atoms with E-state index >= 15 is 0 Å². The van der Waals surface area contributed by atoms with Crippen LogP contribution in [-0.2, 0) is 13.1 Å². The Labute approximate surface area is 366 Å². The Hall–Kier alpha value is -8.28. The van der Waals surface area contributed by atoms with Crippen LogP contribution in [0.5, 0.6) is 0 Å². The predicted octanol–water partition coefficient (Wildman–Crippen LogP) is 13.6. The first-order valence-electron chi connectivity index (χ1n) is 21.4. The van der Waals surface area contributed by atoms with Crippen molar-refractivity contribution in [3.05, 3.63) is 247 Å². The summed E-state index contributed by atoms with van der Waals surface area (Å²) in [5.74, 6) is 1.00. The summed E-state index contributed by atoms with van der Waals surface area (Å²) < 4.78 is 4.74. The maximum atomic E-state index is 6.67. The van der Waals surface area contributed by atoms with Gasteiger partial charge in [-0.2, -0.15) is 0 Å². The normalized spacial score (nSPS) is 12.2. The lowest BCUT2D eigenvalue weighted by Crippen LogP contribution is -2.16. The molecule has 0 unspecified atom stereocenters. The molecule has 300 valence electrons. The Bertz CT molecular complexity index is 3480. The predicted molar refractivity (Wildman–Crippen MR) is 264 cm³/mol. The third kappa shape index (κ3) is 7.15. The molecule has 11 aromatic rings. The van der Waals surface area contributed by atoms with E-state index in [-0.39, 0.29) is 0 Å². The quantitative estimate of drug-likeness (QED) is 0.115. The molecule has 0 saturated heterocycles. The average molecular weight is 810 g/mol. The van der Waals surface area contributed by atoms with E-state index in [4.69, 9.17) is 15.7 Å². The van der Waals surface area contributed by atoms with E-state index in [1.165, 1.54) is 60.4 Å². The number of hydrogen-bond donors (Lipinski definition) is 1. The minimum atomic E-state index is 0.340. The zero-order chi connectivity index (χ0) is 42.1. The van der Waals surface area contributed by atoms with Crippen LogP contribution in [0, 0.1) is 0 Å². The van der Waals surface area contributed by atoms with Gasteiger partial charge in [0.2, 0.25) is 0 Å². The van der Waals surface area contributed by atoms with Gasteiger partial charge in [0.1, 0.15) is 12.5 Å². The summed E-state index contributed by atoms with van der Waals surface area (Å²) in [6.07, 6.45) is 0.762. The Morgan fingerprint density at radius 3 is 1.67 bits per heavy atom. The zero-order valence-corrected chi connectivity index (χ0v) is 34.6. The first-order valence-corrected chi connectivity index (χ1v) is 21.4. The van der Waals surface area contributed by atoms with Crippen molar-refractivity contribution in [3.63, 3.8) is 0 Å². The van der Waals surface area contributed by atoms with Crippen LogP contribution in [0.2, 0.25) is 0 Å². The summed E-state index contributed by atoms with van der Waals surface area (Å²) in [6, 6.07) is 79.3. The third-order valence-corrected chi connectivity index (χ3v) is 12.1. The van der Waals surface area contributed by atoms with Gasteiger partial charge in [-0.1, -0.05) is 170 Å². The van der Waals surface area contributed by atoms with E-state index in [1.807, 2.05) is 60.7 Å². The minimum absolute atomic E-state index is 0.340. The highest BCUT2D eigenvalue weighted by Gasteiger charge is 2.19. The van der Waals surface area contributed by atoms with Crippen molar-refractivity contribution in [2.45, 2.75) is 13.1 Å². The van der Waals surface area contributed by atoms with Gasteiger partial charge in [-0.05, 0) is 94.4 Å². The smallest absolute Gasteiger partial charge is 0.158 e. The summed E-state index contributed by atoms with van der Waals surface area (Å²) in [4.78, 5) is 10.3. The maximum absolute atomic E-state index is 6.67. The van der Waals surface area contributed by atoms with E-state index in [0.29, 0.717) is 18.3 Å². The Morgan fingerprint density at radius 2 is 0.968 bits per heavy atom. The molecule has 0 aliphatic heterocycles. The van der Waals surface area contributed by atoms with Crippen LogP contribution < -0.4 is 5.73 Å². The number of nitrogens with two attached hydrogens (primary N) is 1. The molecule has 0 spiro atoms. The number of nitrogens with zero attached hydrogens (tertiary/aromatic N) is 4. The van der Waals surface area contributed by atoms with Gasteiger partial charge >= 0.3 is 0 Å². The van der Waals surface area contributed by atoms with Crippen LogP contribution in [0.15, 0.2) is 234 Å². The van der Waals surface area contributed by atoms with Crippen molar-refractivity contribution in [1.82, 2.24) is 9.13 Å². The number of aliphatic imine (C=N–C) groups is 2. The molecule has 0 atom stereocenters. The van der Waals surface area contributed by atoms with Crippen molar-refractivity contribution >= 4 is 55.3 Å². The zero-order valence-electron chi connectivity index (χ0n) is 34.6. The van der Waals surface area contributed by atoms with Crippen LogP contribution in [0.3, 0.4) is 0 Å². The fourth-order valence-electron chi connectivity index (χ4n) is 9.11. The van der Waals surface area contributed by atoms with Gasteiger partial charge in [-0.3, -0.25) is 0 Å². The Kier molecular flexibility index (Phi) is 9.75. The topological polar surface area (TPSA) is 60.6 Å². The van der Waals surface area contributed by atoms with Crippen molar-refractivity contribution in [1.29, 1.82) is 0 Å². The minimum Gasteiger partial charge on any atom is -0.383 e. The molecular formula is C58H43N5. The second-order valence-corrected chi connectivity index (χ2v) is 16.0. The fourth-order valence-corrected chi connectivity index (χ4v) is 9.11. The summed E-state index contributed by atoms with van der Waals surface area (Å²) in [7, 11) is 0. The molecule has 0 aliphatic rings. The molecule has 0 aliphatic carbocycles. The summed E-state index contributed by atoms with van der Waals surface area (Å²) in [5.41, 5.74) is 21.4. The van der Waals surface area contributed by atoms with Gasteiger partial charge in [-0.15, -0.1) is 0 Å². The highest BCUT2D eigenvalue weighted by atomic mass is 15.1. The highest BCUT2D eigenvalue weighted by molar-refractivity contribution is 6.14. The van der Waals surface area contributed by atoms with E-state index in [0.717, 1.165) is 39.8 Å². The summed E-state index contributed by atoms with van der Waals surface area (Å²) >= 11 is 0. The first-order chi connectivity index (χ1) is 31.2. The van der Waals surface area contributed by atoms with Crippen LogP contribution >= 0.6 is 0 Å². The SMILES string of the molecule is NC(=N/C(=N\Cn1c2ccc(-c3ccc4c(c3)c3ccccc3n4-c3ccccc3)cc2c2cc(-c3ccccc3)cc(Cc3ccccc3)c21)c1ccccc1)c1ccccc1. The number of amidine groups is 2. The molecule has 0 fully saturated rings. The summed E-state index contributed by atoms with van der Waals surface area (Å²) in [6.45, 7) is 0.340. The number of hydrogen-bond acceptors (Lipinski definition) is 1. The van der Waals surface area contributed by atoms with Crippen molar-refractivity contribution < 1.29 is 0 Å². The molecular weight excluding hydrogens is 767 g/mol. The molecule has 2 heterocycles. The van der Waals surface area contributed by atoms with Gasteiger partial charge < -0.3 is 14.9 Å². The largest absolute Gasteiger partial charge is 0.383 e. The molecule has 0 bridgehead atoms. The molecule has 0 saturated carbocycles. The van der Waals surface area contributed by atoms with Crippen molar-refractivity contribution in [2.24, 2.45) is 15.7 Å². The second-order valence-electron chi connectivity index (χ2n) is 16.0. The van der Waals surface area contributed by atoms with E-state index in [2.05, 4.69) is 173 Å². The van der Waals surface area contributed by atoms with E-state index in [1.54, 1.807) is 0 Å². The lowest BCUT2D eigenvalue weighted by atomic mass is 9.95. The van der Waals surface area contributed by atoms with Gasteiger partial charge in [-0.25, -0.2) is 9.98 Å². The van der Waals surface area contributed by atoms with Crippen LogP contribution in [0.4, 0.5) is 0 Å². The van der Waals surface area contributed by atoms with Gasteiger partial charge in [0.25, 0.3) is 0 Å². The van der Waals surface area contributed by atoms with Crippen LogP contribution in [-0.4, -0.2) is 20.8 Å². The number of fused-ring (bicyclic) bond motifs is 6. The highest BCUT2D eigenvalue weighted by Crippen LogP contribution is 2.40. The van der Waals surface area contributed by atoms with Crippen LogP contribution in [0.25, 0.3) is 71.6 Å². The molecule has 2 N–H and O–H groups in total. The number of rotatable bonds is 9. The van der Waals surface area contributed by atoms with E-state index < -0.39 is 0 Å². The number of aromatic nitrogens is 2. The molecule has 63 heavy (non-hydrogen) atoms. The van der Waals surface area contributed by atoms with Gasteiger partial charge in [0, 0.05) is 38.4 Å². The molecule has 5 heteroatoms. The van der Waals surface area contributed by atoms with Gasteiger partial charge in [0.15, 0.2) is 5.84 Å². The molecule has 0 amide bonds. The standard InChI is InChI=1S/C58H43N5/c59-57(42-22-10-3-11-23-42)61-58(43-24-12-4-13-25-43)60-39-62-53-32-30-44(45-31-33-55-50(36-45)49-28-16-17-29-54(49)63(55)48-26-14-5-15-27-48)37-51(53)52-38-46(41-20-8-2-9-21-41)35-47(56(52)62)34-40-18-6-1-7-19-40/h1-33,35-38H,34,39H2,(H2,59,60,61). The molecule has 9 aromatic carbocycles. The Balaban J connectivity index is 1.13. The lowest BCUT2D eigenvalue weighted by Gasteiger charge is -2.13. The lowest BCUT2D eigenvalue weighted by molar-refractivity contribution is 0.788. The van der Waals surface area contributed by atoms with Crippen LogP contribution in [0.1, 0.15) is 22.3 Å². The van der Waals surface area contributed by atoms with Crippen molar-refractivity contribution in [2.75, 3.05) is 0 Å². The van der Waals surface area contributed by atoms with Gasteiger partial charge in [0.05, 0.1) is 22.1 Å². The monoisotopic (exact) mass is 809 g/mol. The molecule has 2 aromatic heterocycles. The number of para-hydroxylation sites is 2. The fraction of sp³-hybridized carbons (Fsp3) is 0.0345. The van der Waals surface area contributed by atoms with Crippen molar-refractivity contribution in [3.8, 4) is 27.9 Å². The summed E-state index contributed by atoms with van der Waals surface area (Å²) in [5, 5.41) is 4.82. The Morgan fingerprint density at radius 1 is 0.429 bits per heavy atom. The maximum Gasteiger partial charge on any atom is 0.158 e. The molecule has 11 rings (SSSR count). The second kappa shape index (κ2) is 16.3.